The van der Waals surface area contributed by atoms with E-state index in [9.17, 15) is 14.4 Å². The fourth-order valence-electron chi connectivity index (χ4n) is 3.23. The maximum atomic E-state index is 13.0. The van der Waals surface area contributed by atoms with E-state index < -0.39 is 5.41 Å². The third-order valence-corrected chi connectivity index (χ3v) is 5.14. The van der Waals surface area contributed by atoms with Gasteiger partial charge in [-0.15, -0.1) is 0 Å². The average molecular weight is 361 g/mol. The molecule has 0 bridgehead atoms. The Balaban J connectivity index is 2.19. The molecule has 0 aliphatic carbocycles. The minimum Gasteiger partial charge on any atom is -0.497 e. The van der Waals surface area contributed by atoms with Gasteiger partial charge in [-0.3, -0.25) is 14.4 Å². The molecular formula is C20H27NO5. The summed E-state index contributed by atoms with van der Waals surface area (Å²) >= 11 is 0. The molecule has 26 heavy (non-hydrogen) atoms. The number of benzene rings is 1. The van der Waals surface area contributed by atoms with Crippen molar-refractivity contribution >= 4 is 17.5 Å². The van der Waals surface area contributed by atoms with E-state index in [0.717, 1.165) is 5.56 Å². The molecule has 0 spiro atoms. The fourth-order valence-corrected chi connectivity index (χ4v) is 3.23. The van der Waals surface area contributed by atoms with Crippen molar-refractivity contribution in [1.82, 2.24) is 4.90 Å². The Bertz CT molecular complexity index is 699. The highest BCUT2D eigenvalue weighted by molar-refractivity contribution is 6.07. The smallest absolute Gasteiger partial charge is 0.236 e. The van der Waals surface area contributed by atoms with Crippen molar-refractivity contribution in [2.75, 3.05) is 20.8 Å². The first-order chi connectivity index (χ1) is 12.3. The van der Waals surface area contributed by atoms with Crippen LogP contribution in [-0.2, 0) is 20.9 Å². The Hall–Kier alpha value is -2.37. The van der Waals surface area contributed by atoms with Crippen molar-refractivity contribution in [3.8, 4) is 11.5 Å². The molecule has 1 aliphatic rings. The molecule has 6 nitrogen and oxygen atoms in total. The van der Waals surface area contributed by atoms with Gasteiger partial charge < -0.3 is 14.4 Å². The number of hydrogen-bond donors (Lipinski definition) is 0. The van der Waals surface area contributed by atoms with Gasteiger partial charge in [0.1, 0.15) is 28.5 Å². The summed E-state index contributed by atoms with van der Waals surface area (Å²) in [6, 6.07) is 5.45. The lowest BCUT2D eigenvalue weighted by Gasteiger charge is -2.38. The van der Waals surface area contributed by atoms with Gasteiger partial charge in [-0.05, 0) is 25.5 Å². The van der Waals surface area contributed by atoms with E-state index in [1.54, 1.807) is 39.0 Å². The molecule has 1 aliphatic heterocycles. The zero-order valence-electron chi connectivity index (χ0n) is 16.0. The van der Waals surface area contributed by atoms with Crippen molar-refractivity contribution in [2.24, 2.45) is 5.41 Å². The molecule has 2 rings (SSSR count). The summed E-state index contributed by atoms with van der Waals surface area (Å²) in [5.41, 5.74) is -0.272. The number of carbonyl (C=O) groups is 3. The van der Waals surface area contributed by atoms with E-state index in [-0.39, 0.29) is 30.3 Å². The highest BCUT2D eigenvalue weighted by atomic mass is 16.5. The summed E-state index contributed by atoms with van der Waals surface area (Å²) in [5.74, 6) is 1.09. The molecule has 1 aromatic carbocycles. The molecule has 1 saturated heterocycles. The van der Waals surface area contributed by atoms with Crippen molar-refractivity contribution in [3.05, 3.63) is 23.8 Å². The first-order valence-corrected chi connectivity index (χ1v) is 8.91. The number of ether oxygens (including phenoxy) is 2. The predicted molar refractivity (Wildman–Crippen MR) is 97.2 cm³/mol. The minimum absolute atomic E-state index is 0.0702. The normalized spacial score (nSPS) is 20.2. The quantitative estimate of drug-likeness (QED) is 0.666. The molecule has 1 amide bonds. The van der Waals surface area contributed by atoms with E-state index in [2.05, 4.69) is 0 Å². The standard InChI is InChI=1S/C20H27NO5/c1-5-15(22)8-10-20(2)18(23)9-11-21(19(20)24)13-14-6-7-16(25-3)12-17(14)26-4/h6-7,12H,5,8-11,13H2,1-4H3. The second kappa shape index (κ2) is 8.34. The van der Waals surface area contributed by atoms with Crippen LogP contribution in [0, 0.1) is 5.41 Å². The Morgan fingerprint density at radius 2 is 1.96 bits per heavy atom. The average Bonchev–Trinajstić information content (AvgIpc) is 2.66. The van der Waals surface area contributed by atoms with Crippen LogP contribution in [0.1, 0.15) is 45.1 Å². The summed E-state index contributed by atoms with van der Waals surface area (Å²) < 4.78 is 10.6. The molecule has 1 heterocycles. The number of likely N-dealkylation sites (tertiary alicyclic amines) is 1. The Morgan fingerprint density at radius 1 is 1.23 bits per heavy atom. The van der Waals surface area contributed by atoms with Crippen LogP contribution in [0.2, 0.25) is 0 Å². The van der Waals surface area contributed by atoms with Gasteiger partial charge in [0.25, 0.3) is 0 Å². The summed E-state index contributed by atoms with van der Waals surface area (Å²) in [7, 11) is 3.15. The van der Waals surface area contributed by atoms with Crippen LogP contribution in [0.3, 0.4) is 0 Å². The van der Waals surface area contributed by atoms with Crippen LogP contribution < -0.4 is 9.47 Å². The van der Waals surface area contributed by atoms with Crippen LogP contribution in [0.4, 0.5) is 0 Å². The van der Waals surface area contributed by atoms with Crippen LogP contribution in [0.25, 0.3) is 0 Å². The van der Waals surface area contributed by atoms with E-state index in [0.29, 0.717) is 37.4 Å². The second-order valence-corrected chi connectivity index (χ2v) is 6.80. The molecular weight excluding hydrogens is 334 g/mol. The van der Waals surface area contributed by atoms with Crippen LogP contribution in [0.15, 0.2) is 18.2 Å². The highest BCUT2D eigenvalue weighted by Gasteiger charge is 2.46. The zero-order valence-corrected chi connectivity index (χ0v) is 16.0. The Morgan fingerprint density at radius 3 is 2.58 bits per heavy atom. The lowest BCUT2D eigenvalue weighted by molar-refractivity contribution is -0.154. The summed E-state index contributed by atoms with van der Waals surface area (Å²) in [6.07, 6.45) is 1.25. The Labute approximate surface area is 154 Å². The van der Waals surface area contributed by atoms with Crippen molar-refractivity contribution in [2.45, 2.75) is 46.1 Å². The molecule has 0 radical (unpaired) electrons. The number of hydrogen-bond acceptors (Lipinski definition) is 5. The number of amides is 1. The zero-order chi connectivity index (χ0) is 19.3. The van der Waals surface area contributed by atoms with Crippen molar-refractivity contribution < 1.29 is 23.9 Å². The van der Waals surface area contributed by atoms with Crippen molar-refractivity contribution in [3.63, 3.8) is 0 Å². The van der Waals surface area contributed by atoms with E-state index in [4.69, 9.17) is 9.47 Å². The number of methoxy groups -OCH3 is 2. The maximum Gasteiger partial charge on any atom is 0.236 e. The highest BCUT2D eigenvalue weighted by Crippen LogP contribution is 2.35. The molecule has 6 heteroatoms. The van der Waals surface area contributed by atoms with Gasteiger partial charge in [0, 0.05) is 44.0 Å². The SMILES string of the molecule is CCC(=O)CCC1(C)C(=O)CCN(Cc2ccc(OC)cc2OC)C1=O. The topological polar surface area (TPSA) is 72.9 Å². The number of Topliss-reactive ketones (excluding diaryl/α,β-unsaturated/α-hetero) is 2. The lowest BCUT2D eigenvalue weighted by Crippen LogP contribution is -2.52. The van der Waals surface area contributed by atoms with Gasteiger partial charge in [-0.25, -0.2) is 0 Å². The fraction of sp³-hybridized carbons (Fsp3) is 0.550. The largest absolute Gasteiger partial charge is 0.497 e. The van der Waals surface area contributed by atoms with Crippen LogP contribution >= 0.6 is 0 Å². The molecule has 1 unspecified atom stereocenters. The first-order valence-electron chi connectivity index (χ1n) is 8.91. The summed E-state index contributed by atoms with van der Waals surface area (Å²) in [5, 5.41) is 0. The van der Waals surface area contributed by atoms with Crippen LogP contribution in [-0.4, -0.2) is 43.1 Å². The molecule has 0 aromatic heterocycles. The van der Waals surface area contributed by atoms with Gasteiger partial charge in [0.15, 0.2) is 0 Å². The number of carbonyl (C=O) groups excluding carboxylic acids is 3. The summed E-state index contributed by atoms with van der Waals surface area (Å²) in [4.78, 5) is 38.8. The molecule has 1 atom stereocenters. The van der Waals surface area contributed by atoms with Gasteiger partial charge >= 0.3 is 0 Å². The molecule has 0 saturated carbocycles. The number of rotatable bonds is 8. The summed E-state index contributed by atoms with van der Waals surface area (Å²) in [6.45, 7) is 4.19. The van der Waals surface area contributed by atoms with Gasteiger partial charge in [0.2, 0.25) is 5.91 Å². The number of nitrogens with zero attached hydrogens (tertiary/aromatic N) is 1. The van der Waals surface area contributed by atoms with E-state index in [1.807, 2.05) is 12.1 Å². The first kappa shape index (κ1) is 19.9. The number of piperidine rings is 1. The van der Waals surface area contributed by atoms with Crippen molar-refractivity contribution in [1.29, 1.82) is 0 Å². The molecule has 1 fully saturated rings. The monoisotopic (exact) mass is 361 g/mol. The maximum absolute atomic E-state index is 13.0. The molecule has 0 N–H and O–H groups in total. The van der Waals surface area contributed by atoms with Gasteiger partial charge in [-0.2, -0.15) is 0 Å². The predicted octanol–water partition coefficient (Wildman–Crippen LogP) is 2.77. The lowest BCUT2D eigenvalue weighted by atomic mass is 9.75. The van der Waals surface area contributed by atoms with Crippen LogP contribution in [0.5, 0.6) is 11.5 Å². The number of ketones is 2. The van der Waals surface area contributed by atoms with Gasteiger partial charge in [-0.1, -0.05) is 6.92 Å². The minimum atomic E-state index is -1.12. The second-order valence-electron chi connectivity index (χ2n) is 6.80. The third-order valence-electron chi connectivity index (χ3n) is 5.14. The van der Waals surface area contributed by atoms with E-state index in [1.165, 1.54) is 0 Å². The third kappa shape index (κ3) is 4.06. The molecule has 142 valence electrons. The molecule has 1 aromatic rings. The van der Waals surface area contributed by atoms with E-state index >= 15 is 0 Å². The van der Waals surface area contributed by atoms with Gasteiger partial charge in [0.05, 0.1) is 14.2 Å². The Kier molecular flexibility index (Phi) is 6.40.